The van der Waals surface area contributed by atoms with E-state index in [0.29, 0.717) is 4.90 Å². The lowest BCUT2D eigenvalue weighted by Gasteiger charge is -2.08. The minimum Gasteiger partial charge on any atom is -0.323 e. The zero-order chi connectivity index (χ0) is 13.8. The van der Waals surface area contributed by atoms with Gasteiger partial charge in [0.05, 0.1) is 5.69 Å². The van der Waals surface area contributed by atoms with Gasteiger partial charge < -0.3 is 5.73 Å². The molecular formula is C14H14F2N2S. The fraction of sp³-hybridized carbons (Fsp3) is 0.214. The molecule has 2 rings (SSSR count). The largest absolute Gasteiger partial charge is 0.323 e. The van der Waals surface area contributed by atoms with Crippen molar-refractivity contribution < 1.29 is 8.78 Å². The summed E-state index contributed by atoms with van der Waals surface area (Å²) in [4.78, 5) is 5.76. The number of pyridine rings is 1. The average molecular weight is 280 g/mol. The van der Waals surface area contributed by atoms with Gasteiger partial charge in [-0.2, -0.15) is 0 Å². The van der Waals surface area contributed by atoms with Gasteiger partial charge in [0.1, 0.15) is 0 Å². The first-order chi connectivity index (χ1) is 9.10. The molecule has 1 aromatic carbocycles. The highest BCUT2D eigenvalue weighted by molar-refractivity contribution is 7.99. The molecule has 0 fully saturated rings. The van der Waals surface area contributed by atoms with Gasteiger partial charge in [0, 0.05) is 22.0 Å². The first-order valence-electron chi connectivity index (χ1n) is 5.94. The van der Waals surface area contributed by atoms with E-state index >= 15 is 0 Å². The molecule has 1 aromatic heterocycles. The summed E-state index contributed by atoms with van der Waals surface area (Å²) in [5.41, 5.74) is 6.70. The van der Waals surface area contributed by atoms with Crippen LogP contribution in [0.5, 0.6) is 0 Å². The molecule has 0 unspecified atom stereocenters. The molecule has 0 aliphatic heterocycles. The molecule has 1 atom stereocenters. The fourth-order valence-corrected chi connectivity index (χ4v) is 2.37. The van der Waals surface area contributed by atoms with E-state index in [9.17, 15) is 8.78 Å². The van der Waals surface area contributed by atoms with Crippen molar-refractivity contribution in [3.8, 4) is 0 Å². The molecule has 0 aliphatic carbocycles. The van der Waals surface area contributed by atoms with E-state index in [1.807, 2.05) is 19.1 Å². The predicted octanol–water partition coefficient (Wildman–Crippen LogP) is 3.92. The third-order valence-electron chi connectivity index (χ3n) is 2.71. The smallest absolute Gasteiger partial charge is 0.159 e. The summed E-state index contributed by atoms with van der Waals surface area (Å²) in [6.45, 7) is 2.00. The maximum Gasteiger partial charge on any atom is 0.159 e. The van der Waals surface area contributed by atoms with Crippen LogP contribution in [0.3, 0.4) is 0 Å². The lowest BCUT2D eigenvalue weighted by atomic mass is 10.1. The van der Waals surface area contributed by atoms with Crippen LogP contribution >= 0.6 is 11.8 Å². The second kappa shape index (κ2) is 6.12. The molecular weight excluding hydrogens is 266 g/mol. The van der Waals surface area contributed by atoms with Gasteiger partial charge in [-0.25, -0.2) is 8.78 Å². The number of rotatable bonds is 4. The zero-order valence-corrected chi connectivity index (χ0v) is 11.3. The van der Waals surface area contributed by atoms with Crippen LogP contribution in [0.25, 0.3) is 0 Å². The Bertz CT molecular complexity index is 558. The number of hydrogen-bond donors (Lipinski definition) is 1. The summed E-state index contributed by atoms with van der Waals surface area (Å²) in [5.74, 6) is -1.69. The Balaban J connectivity index is 2.12. The molecule has 2 N–H and O–H groups in total. The monoisotopic (exact) mass is 280 g/mol. The van der Waals surface area contributed by atoms with Crippen molar-refractivity contribution in [3.05, 3.63) is 53.9 Å². The molecule has 2 nitrogen and oxygen atoms in total. The third-order valence-corrected chi connectivity index (χ3v) is 3.67. The Morgan fingerprint density at radius 2 is 1.89 bits per heavy atom. The molecule has 1 heterocycles. The maximum atomic E-state index is 13.1. The van der Waals surface area contributed by atoms with E-state index in [0.717, 1.165) is 23.1 Å². The SMILES string of the molecule is CC[C@H](N)c1ccc(Sc2ccc(F)c(F)c2)cn1. The third kappa shape index (κ3) is 3.52. The van der Waals surface area contributed by atoms with E-state index in [1.54, 1.807) is 6.20 Å². The van der Waals surface area contributed by atoms with Gasteiger partial charge in [-0.15, -0.1) is 0 Å². The lowest BCUT2D eigenvalue weighted by molar-refractivity contribution is 0.506. The van der Waals surface area contributed by atoms with E-state index < -0.39 is 11.6 Å². The van der Waals surface area contributed by atoms with Gasteiger partial charge in [-0.1, -0.05) is 18.7 Å². The highest BCUT2D eigenvalue weighted by atomic mass is 32.2. The molecule has 0 saturated carbocycles. The van der Waals surface area contributed by atoms with Gasteiger partial charge in [-0.3, -0.25) is 4.98 Å². The normalized spacial score (nSPS) is 12.4. The molecule has 0 bridgehead atoms. The van der Waals surface area contributed by atoms with Crippen LogP contribution in [-0.4, -0.2) is 4.98 Å². The minimum atomic E-state index is -0.845. The lowest BCUT2D eigenvalue weighted by Crippen LogP contribution is -2.10. The van der Waals surface area contributed by atoms with E-state index in [1.165, 1.54) is 23.9 Å². The summed E-state index contributed by atoms with van der Waals surface area (Å²) in [5, 5.41) is 0. The topological polar surface area (TPSA) is 38.9 Å². The summed E-state index contributed by atoms with van der Waals surface area (Å²) >= 11 is 1.33. The second-order valence-electron chi connectivity index (χ2n) is 4.11. The number of nitrogens with zero attached hydrogens (tertiary/aromatic N) is 1. The van der Waals surface area contributed by atoms with Crippen molar-refractivity contribution >= 4 is 11.8 Å². The quantitative estimate of drug-likeness (QED) is 0.922. The Labute approximate surface area is 115 Å². The van der Waals surface area contributed by atoms with Crippen molar-refractivity contribution in [1.29, 1.82) is 0 Å². The molecule has 5 heteroatoms. The van der Waals surface area contributed by atoms with Crippen LogP contribution in [-0.2, 0) is 0 Å². The van der Waals surface area contributed by atoms with Gasteiger partial charge in [0.2, 0.25) is 0 Å². The molecule has 0 amide bonds. The van der Waals surface area contributed by atoms with Crippen molar-refractivity contribution in [2.45, 2.75) is 29.2 Å². The van der Waals surface area contributed by atoms with Gasteiger partial charge in [0.25, 0.3) is 0 Å². The van der Waals surface area contributed by atoms with Crippen molar-refractivity contribution in [2.75, 3.05) is 0 Å². The number of nitrogens with two attached hydrogens (primary N) is 1. The van der Waals surface area contributed by atoms with Gasteiger partial charge in [0.15, 0.2) is 11.6 Å². The predicted molar refractivity (Wildman–Crippen MR) is 71.9 cm³/mol. The Hall–Kier alpha value is -1.46. The molecule has 100 valence electrons. The Morgan fingerprint density at radius 3 is 2.47 bits per heavy atom. The van der Waals surface area contributed by atoms with Crippen molar-refractivity contribution in [3.63, 3.8) is 0 Å². The van der Waals surface area contributed by atoms with Crippen LogP contribution in [0.2, 0.25) is 0 Å². The summed E-state index contributed by atoms with van der Waals surface area (Å²) in [6, 6.07) is 7.50. The Morgan fingerprint density at radius 1 is 1.16 bits per heavy atom. The van der Waals surface area contributed by atoms with Crippen LogP contribution in [0.15, 0.2) is 46.3 Å². The molecule has 0 saturated heterocycles. The molecule has 0 spiro atoms. The second-order valence-corrected chi connectivity index (χ2v) is 5.26. The van der Waals surface area contributed by atoms with Crippen molar-refractivity contribution in [1.82, 2.24) is 4.98 Å². The summed E-state index contributed by atoms with van der Waals surface area (Å²) < 4.78 is 25.9. The first kappa shape index (κ1) is 14.0. The van der Waals surface area contributed by atoms with Crippen molar-refractivity contribution in [2.24, 2.45) is 5.73 Å². The number of benzene rings is 1. The summed E-state index contributed by atoms with van der Waals surface area (Å²) in [7, 11) is 0. The minimum absolute atomic E-state index is 0.0673. The van der Waals surface area contributed by atoms with Crippen LogP contribution in [0, 0.1) is 11.6 Å². The molecule has 19 heavy (non-hydrogen) atoms. The van der Waals surface area contributed by atoms with Gasteiger partial charge >= 0.3 is 0 Å². The highest BCUT2D eigenvalue weighted by Crippen LogP contribution is 2.28. The highest BCUT2D eigenvalue weighted by Gasteiger charge is 2.07. The number of halogens is 2. The van der Waals surface area contributed by atoms with E-state index in [-0.39, 0.29) is 6.04 Å². The van der Waals surface area contributed by atoms with E-state index in [4.69, 9.17) is 5.73 Å². The number of hydrogen-bond acceptors (Lipinski definition) is 3. The fourth-order valence-electron chi connectivity index (χ4n) is 1.56. The molecule has 0 radical (unpaired) electrons. The van der Waals surface area contributed by atoms with Crippen LogP contribution in [0.1, 0.15) is 25.1 Å². The standard InChI is InChI=1S/C14H14F2N2S/c1-2-13(17)14-6-4-10(8-18-14)19-9-3-5-11(15)12(16)7-9/h3-8,13H,2,17H2,1H3/t13-/m0/s1. The average Bonchev–Trinajstić information content (AvgIpc) is 2.43. The molecule has 0 aliphatic rings. The van der Waals surface area contributed by atoms with E-state index in [2.05, 4.69) is 4.98 Å². The zero-order valence-electron chi connectivity index (χ0n) is 10.4. The Kier molecular flexibility index (Phi) is 4.50. The number of aromatic nitrogens is 1. The van der Waals surface area contributed by atoms with Crippen LogP contribution < -0.4 is 5.73 Å². The first-order valence-corrected chi connectivity index (χ1v) is 6.76. The van der Waals surface area contributed by atoms with Crippen LogP contribution in [0.4, 0.5) is 8.78 Å². The molecule has 2 aromatic rings. The summed E-state index contributed by atoms with van der Waals surface area (Å²) in [6.07, 6.45) is 2.51. The van der Waals surface area contributed by atoms with Gasteiger partial charge in [-0.05, 0) is 36.8 Å². The maximum absolute atomic E-state index is 13.1.